The summed E-state index contributed by atoms with van der Waals surface area (Å²) in [5.74, 6) is -0.368. The number of carbonyl (C=O) groups is 1. The van der Waals surface area contributed by atoms with E-state index in [4.69, 9.17) is 4.74 Å². The molecule has 0 saturated heterocycles. The van der Waals surface area contributed by atoms with Gasteiger partial charge in [-0.3, -0.25) is 0 Å². The molecule has 2 rings (SSSR count). The predicted molar refractivity (Wildman–Crippen MR) is 84.2 cm³/mol. The number of ether oxygens (including phenoxy) is 1. The average Bonchev–Trinajstić information content (AvgIpc) is 2.80. The molecule has 6 heteroatoms. The van der Waals surface area contributed by atoms with Gasteiger partial charge in [-0.2, -0.15) is 0 Å². The van der Waals surface area contributed by atoms with Gasteiger partial charge >= 0.3 is 5.97 Å². The summed E-state index contributed by atoms with van der Waals surface area (Å²) < 4.78 is 6.55. The maximum absolute atomic E-state index is 11.4. The van der Waals surface area contributed by atoms with Gasteiger partial charge in [0, 0.05) is 6.08 Å². The number of nitrogens with zero attached hydrogens (tertiary/aromatic N) is 3. The molecule has 2 aromatic rings. The summed E-state index contributed by atoms with van der Waals surface area (Å²) in [6, 6.07) is 3.79. The Kier molecular flexibility index (Phi) is 4.61. The third-order valence-corrected chi connectivity index (χ3v) is 3.20. The number of fused-ring (bicyclic) bond motifs is 1. The standard InChI is InChI=1S/C16H21N3O3/c1-5-22-14(20)9-7-12-6-8-13-15(11(12)2)17-18-19(13)10-16(3,4)21/h6-9,21H,5,10H2,1-4H3/b9-7+. The van der Waals surface area contributed by atoms with Crippen molar-refractivity contribution in [3.05, 3.63) is 29.3 Å². The van der Waals surface area contributed by atoms with Gasteiger partial charge in [-0.05, 0) is 51.0 Å². The number of esters is 1. The summed E-state index contributed by atoms with van der Waals surface area (Å²) in [7, 11) is 0. The highest BCUT2D eigenvalue weighted by atomic mass is 16.5. The molecule has 118 valence electrons. The highest BCUT2D eigenvalue weighted by Gasteiger charge is 2.17. The van der Waals surface area contributed by atoms with Crippen LogP contribution in [0.1, 0.15) is 31.9 Å². The number of hydrogen-bond donors (Lipinski definition) is 1. The van der Waals surface area contributed by atoms with Gasteiger partial charge in [-0.25, -0.2) is 9.48 Å². The molecule has 0 saturated carbocycles. The third-order valence-electron chi connectivity index (χ3n) is 3.20. The Morgan fingerprint density at radius 1 is 1.45 bits per heavy atom. The summed E-state index contributed by atoms with van der Waals surface area (Å²) >= 11 is 0. The zero-order valence-electron chi connectivity index (χ0n) is 13.3. The fourth-order valence-electron chi connectivity index (χ4n) is 2.19. The Balaban J connectivity index is 2.34. The van der Waals surface area contributed by atoms with Crippen LogP contribution in [0.25, 0.3) is 17.1 Å². The van der Waals surface area contributed by atoms with Crippen LogP contribution in [0.5, 0.6) is 0 Å². The summed E-state index contributed by atoms with van der Waals surface area (Å²) in [4.78, 5) is 11.4. The quantitative estimate of drug-likeness (QED) is 0.676. The summed E-state index contributed by atoms with van der Waals surface area (Å²) in [6.45, 7) is 7.86. The van der Waals surface area contributed by atoms with Gasteiger partial charge in [0.25, 0.3) is 0 Å². The Morgan fingerprint density at radius 3 is 2.82 bits per heavy atom. The van der Waals surface area contributed by atoms with E-state index in [1.807, 2.05) is 19.1 Å². The Bertz CT molecular complexity index is 711. The van der Waals surface area contributed by atoms with E-state index in [0.29, 0.717) is 13.2 Å². The van der Waals surface area contributed by atoms with Gasteiger partial charge in [-0.1, -0.05) is 11.3 Å². The van der Waals surface area contributed by atoms with Gasteiger partial charge in [0.05, 0.1) is 24.3 Å². The first-order valence-corrected chi connectivity index (χ1v) is 7.22. The van der Waals surface area contributed by atoms with Gasteiger partial charge in [-0.15, -0.1) is 5.10 Å². The van der Waals surface area contributed by atoms with E-state index in [2.05, 4.69) is 10.3 Å². The summed E-state index contributed by atoms with van der Waals surface area (Å²) in [5, 5.41) is 18.2. The van der Waals surface area contributed by atoms with Crippen LogP contribution in [0.3, 0.4) is 0 Å². The van der Waals surface area contributed by atoms with E-state index in [0.717, 1.165) is 22.2 Å². The minimum Gasteiger partial charge on any atom is -0.463 e. The van der Waals surface area contributed by atoms with Crippen LogP contribution in [0.2, 0.25) is 0 Å². The molecular weight excluding hydrogens is 282 g/mol. The molecule has 1 aromatic heterocycles. The lowest BCUT2D eigenvalue weighted by Gasteiger charge is -2.16. The first kappa shape index (κ1) is 16.2. The molecule has 6 nitrogen and oxygen atoms in total. The van der Waals surface area contributed by atoms with Crippen LogP contribution < -0.4 is 0 Å². The van der Waals surface area contributed by atoms with Gasteiger partial charge in [0.2, 0.25) is 0 Å². The molecular formula is C16H21N3O3. The van der Waals surface area contributed by atoms with E-state index >= 15 is 0 Å². The van der Waals surface area contributed by atoms with Crippen LogP contribution in [0.4, 0.5) is 0 Å². The normalized spacial score (nSPS) is 12.2. The maximum Gasteiger partial charge on any atom is 0.330 e. The molecule has 0 radical (unpaired) electrons. The van der Waals surface area contributed by atoms with Crippen molar-refractivity contribution in [3.8, 4) is 0 Å². The number of aromatic nitrogens is 3. The minimum atomic E-state index is -0.864. The lowest BCUT2D eigenvalue weighted by atomic mass is 10.1. The van der Waals surface area contributed by atoms with Crippen LogP contribution in [0.15, 0.2) is 18.2 Å². The first-order chi connectivity index (χ1) is 10.3. The van der Waals surface area contributed by atoms with Crippen LogP contribution in [-0.4, -0.2) is 38.3 Å². The van der Waals surface area contributed by atoms with E-state index < -0.39 is 5.60 Å². The number of aryl methyl sites for hydroxylation is 1. The van der Waals surface area contributed by atoms with Gasteiger partial charge in [0.1, 0.15) is 5.52 Å². The fraction of sp³-hybridized carbons (Fsp3) is 0.438. The predicted octanol–water partition coefficient (Wildman–Crippen LogP) is 2.09. The van der Waals surface area contributed by atoms with Crippen molar-refractivity contribution >= 4 is 23.1 Å². The molecule has 0 bridgehead atoms. The highest BCUT2D eigenvalue weighted by molar-refractivity contribution is 5.89. The second-order valence-electron chi connectivity index (χ2n) is 5.79. The van der Waals surface area contributed by atoms with E-state index in [9.17, 15) is 9.90 Å². The van der Waals surface area contributed by atoms with Crippen molar-refractivity contribution in [3.63, 3.8) is 0 Å². The van der Waals surface area contributed by atoms with Crippen molar-refractivity contribution in [2.75, 3.05) is 6.61 Å². The second kappa shape index (κ2) is 6.27. The van der Waals surface area contributed by atoms with Crippen LogP contribution in [0, 0.1) is 6.92 Å². The Labute approximate surface area is 129 Å². The van der Waals surface area contributed by atoms with E-state index in [1.165, 1.54) is 6.08 Å². The fourth-order valence-corrected chi connectivity index (χ4v) is 2.19. The number of aliphatic hydroxyl groups is 1. The minimum absolute atomic E-state index is 0.354. The molecule has 0 atom stereocenters. The number of rotatable bonds is 5. The van der Waals surface area contributed by atoms with Crippen LogP contribution in [-0.2, 0) is 16.1 Å². The average molecular weight is 303 g/mol. The molecule has 0 fully saturated rings. The van der Waals surface area contributed by atoms with Crippen molar-refractivity contribution in [1.82, 2.24) is 15.0 Å². The van der Waals surface area contributed by atoms with Crippen LogP contribution >= 0.6 is 0 Å². The highest BCUT2D eigenvalue weighted by Crippen LogP contribution is 2.22. The zero-order valence-corrected chi connectivity index (χ0v) is 13.3. The topological polar surface area (TPSA) is 77.2 Å². The Hall–Kier alpha value is -2.21. The SMILES string of the molecule is CCOC(=O)/C=C/c1ccc2c(nnn2CC(C)(C)O)c1C. The molecule has 1 heterocycles. The van der Waals surface area contributed by atoms with E-state index in [-0.39, 0.29) is 5.97 Å². The number of benzene rings is 1. The van der Waals surface area contributed by atoms with E-state index in [1.54, 1.807) is 31.5 Å². The van der Waals surface area contributed by atoms with Crippen molar-refractivity contribution in [2.24, 2.45) is 0 Å². The molecule has 0 aliphatic carbocycles. The first-order valence-electron chi connectivity index (χ1n) is 7.22. The largest absolute Gasteiger partial charge is 0.463 e. The lowest BCUT2D eigenvalue weighted by molar-refractivity contribution is -0.137. The van der Waals surface area contributed by atoms with Gasteiger partial charge in [0.15, 0.2) is 0 Å². The van der Waals surface area contributed by atoms with Gasteiger partial charge < -0.3 is 9.84 Å². The smallest absolute Gasteiger partial charge is 0.330 e. The monoisotopic (exact) mass is 303 g/mol. The number of hydrogen-bond acceptors (Lipinski definition) is 5. The second-order valence-corrected chi connectivity index (χ2v) is 5.79. The maximum atomic E-state index is 11.4. The van der Waals surface area contributed by atoms with Crippen molar-refractivity contribution in [1.29, 1.82) is 0 Å². The Morgan fingerprint density at radius 2 is 2.18 bits per heavy atom. The summed E-state index contributed by atoms with van der Waals surface area (Å²) in [5.41, 5.74) is 2.57. The van der Waals surface area contributed by atoms with Crippen molar-refractivity contribution in [2.45, 2.75) is 39.8 Å². The number of carbonyl (C=O) groups excluding carboxylic acids is 1. The lowest BCUT2D eigenvalue weighted by Crippen LogP contribution is -2.26. The molecule has 0 aliphatic heterocycles. The zero-order chi connectivity index (χ0) is 16.3. The molecule has 0 unspecified atom stereocenters. The molecule has 0 aliphatic rings. The molecule has 1 N–H and O–H groups in total. The molecule has 0 spiro atoms. The third kappa shape index (κ3) is 3.71. The molecule has 0 amide bonds. The molecule has 22 heavy (non-hydrogen) atoms. The van der Waals surface area contributed by atoms with Crippen molar-refractivity contribution < 1.29 is 14.6 Å². The molecule has 1 aromatic carbocycles. The summed E-state index contributed by atoms with van der Waals surface area (Å²) in [6.07, 6.45) is 3.11.